The first-order valence-electron chi connectivity index (χ1n) is 6.94. The third kappa shape index (κ3) is 13.5. The van der Waals surface area contributed by atoms with Crippen LogP contribution in [0.3, 0.4) is 0 Å². The molecule has 0 aliphatic heterocycles. The molecule has 0 aromatic rings. The monoisotopic (exact) mass is 260 g/mol. The van der Waals surface area contributed by atoms with E-state index >= 15 is 0 Å². The summed E-state index contributed by atoms with van der Waals surface area (Å²) in [6.45, 7) is 9.18. The van der Waals surface area contributed by atoms with Crippen molar-refractivity contribution in [3.63, 3.8) is 0 Å². The molecule has 0 aromatic heterocycles. The van der Waals surface area contributed by atoms with E-state index in [0.29, 0.717) is 18.4 Å². The molecule has 0 atom stereocenters. The highest BCUT2D eigenvalue weighted by molar-refractivity contribution is 5.68. The second kappa shape index (κ2) is 10.3. The number of hydrogen-bond acceptors (Lipinski definition) is 4. The first-order chi connectivity index (χ1) is 8.45. The predicted molar refractivity (Wildman–Crippen MR) is 70.6 cm³/mol. The number of carbonyl (C=O) groups is 1. The Bertz CT molecular complexity index is 208. The molecule has 4 nitrogen and oxygen atoms in total. The first kappa shape index (κ1) is 17.4. The maximum Gasteiger partial charge on any atom is 0.345 e. The Morgan fingerprint density at radius 1 is 1.06 bits per heavy atom. The van der Waals surface area contributed by atoms with Gasteiger partial charge in [0.25, 0.3) is 0 Å². The van der Waals surface area contributed by atoms with Gasteiger partial charge in [-0.15, -0.1) is 0 Å². The second-order valence-corrected chi connectivity index (χ2v) is 5.82. The lowest BCUT2D eigenvalue weighted by Gasteiger charge is -2.17. The van der Waals surface area contributed by atoms with E-state index in [1.165, 1.54) is 6.42 Å². The lowest BCUT2D eigenvalue weighted by atomic mass is 9.89. The van der Waals surface area contributed by atoms with Crippen LogP contribution >= 0.6 is 0 Å². The number of unbranched alkanes of at least 4 members (excludes halogenated alkanes) is 3. The van der Waals surface area contributed by atoms with Crippen LogP contribution in [0.1, 0.15) is 72.6 Å². The fraction of sp³-hybridized carbons (Fsp3) is 0.929. The highest BCUT2D eigenvalue weighted by Gasteiger charge is 2.10. The Kier molecular flexibility index (Phi) is 9.98. The number of hydrogen-bond donors (Lipinski definition) is 0. The molecular formula is C14H28O4. The van der Waals surface area contributed by atoms with E-state index in [-0.39, 0.29) is 5.97 Å². The predicted octanol–water partition coefficient (Wildman–Crippen LogP) is 4.19. The van der Waals surface area contributed by atoms with E-state index in [9.17, 15) is 4.79 Å². The zero-order valence-electron chi connectivity index (χ0n) is 12.3. The zero-order valence-corrected chi connectivity index (χ0v) is 12.3. The second-order valence-electron chi connectivity index (χ2n) is 5.82. The number of carbonyl (C=O) groups excluding carboxylic acids is 1. The molecule has 0 rings (SSSR count). The normalized spacial score (nSPS) is 11.6. The van der Waals surface area contributed by atoms with E-state index in [1.807, 2.05) is 6.92 Å². The molecule has 0 N–H and O–H groups in total. The molecule has 0 amide bonds. The van der Waals surface area contributed by atoms with Gasteiger partial charge in [0.1, 0.15) is 0 Å². The maximum atomic E-state index is 11.2. The zero-order chi connectivity index (χ0) is 13.9. The summed E-state index contributed by atoms with van der Waals surface area (Å²) < 4.78 is 0. The average molecular weight is 260 g/mol. The Morgan fingerprint density at radius 2 is 1.78 bits per heavy atom. The van der Waals surface area contributed by atoms with Crippen LogP contribution < -0.4 is 0 Å². The third-order valence-corrected chi connectivity index (χ3v) is 2.56. The van der Waals surface area contributed by atoms with Gasteiger partial charge in [-0.2, -0.15) is 4.89 Å². The Labute approximate surface area is 111 Å². The molecule has 0 aromatic carbocycles. The van der Waals surface area contributed by atoms with Crippen LogP contribution in [0, 0.1) is 5.41 Å². The van der Waals surface area contributed by atoms with Gasteiger partial charge in [-0.25, -0.2) is 4.79 Å². The largest absolute Gasteiger partial charge is 0.345 e. The molecule has 0 aliphatic carbocycles. The van der Waals surface area contributed by atoms with E-state index in [2.05, 4.69) is 35.6 Å². The quantitative estimate of drug-likeness (QED) is 0.335. The van der Waals surface area contributed by atoms with Crippen LogP contribution in [0.2, 0.25) is 0 Å². The van der Waals surface area contributed by atoms with Gasteiger partial charge >= 0.3 is 5.97 Å². The lowest BCUT2D eigenvalue weighted by Crippen LogP contribution is -2.07. The highest BCUT2D eigenvalue weighted by atomic mass is 17.5. The molecule has 18 heavy (non-hydrogen) atoms. The van der Waals surface area contributed by atoms with Crippen molar-refractivity contribution in [1.29, 1.82) is 0 Å². The van der Waals surface area contributed by atoms with Gasteiger partial charge in [-0.1, -0.05) is 47.0 Å². The van der Waals surface area contributed by atoms with Crippen LogP contribution in [0.25, 0.3) is 0 Å². The van der Waals surface area contributed by atoms with Crippen LogP contribution in [0.4, 0.5) is 0 Å². The van der Waals surface area contributed by atoms with Gasteiger partial charge in [0.2, 0.25) is 0 Å². The molecule has 4 heteroatoms. The van der Waals surface area contributed by atoms with Crippen LogP contribution in [-0.4, -0.2) is 12.6 Å². The van der Waals surface area contributed by atoms with E-state index in [0.717, 1.165) is 32.1 Å². The van der Waals surface area contributed by atoms with Crippen molar-refractivity contribution in [2.75, 3.05) is 6.61 Å². The fourth-order valence-corrected chi connectivity index (χ4v) is 1.44. The lowest BCUT2D eigenvalue weighted by molar-refractivity contribution is -0.486. The minimum atomic E-state index is -0.359. The molecule has 0 fully saturated rings. The van der Waals surface area contributed by atoms with Crippen molar-refractivity contribution >= 4 is 5.97 Å². The molecule has 0 heterocycles. The molecular weight excluding hydrogens is 232 g/mol. The van der Waals surface area contributed by atoms with Crippen molar-refractivity contribution in [3.05, 3.63) is 0 Å². The van der Waals surface area contributed by atoms with Crippen molar-refractivity contribution in [3.8, 4) is 0 Å². The van der Waals surface area contributed by atoms with Gasteiger partial charge in [0.15, 0.2) is 0 Å². The summed E-state index contributed by atoms with van der Waals surface area (Å²) in [5.74, 6) is -0.359. The fourth-order valence-electron chi connectivity index (χ4n) is 1.44. The maximum absolute atomic E-state index is 11.2. The Morgan fingerprint density at radius 3 is 2.39 bits per heavy atom. The average Bonchev–Trinajstić information content (AvgIpc) is 2.27. The summed E-state index contributed by atoms with van der Waals surface area (Å²) in [5.41, 5.74) is 0.372. The number of rotatable bonds is 10. The molecule has 0 spiro atoms. The highest BCUT2D eigenvalue weighted by Crippen LogP contribution is 2.22. The summed E-state index contributed by atoms with van der Waals surface area (Å²) in [7, 11) is 0. The molecule has 0 unspecified atom stereocenters. The van der Waals surface area contributed by atoms with Gasteiger partial charge in [-0.05, 0) is 29.7 Å². The Hall–Kier alpha value is -0.610. The molecule has 0 aliphatic rings. The van der Waals surface area contributed by atoms with Gasteiger partial charge in [0.05, 0.1) is 6.61 Å². The van der Waals surface area contributed by atoms with Gasteiger partial charge < -0.3 is 0 Å². The molecule has 0 saturated heterocycles. The molecule has 0 saturated carbocycles. The smallest absolute Gasteiger partial charge is 0.269 e. The minimum absolute atomic E-state index is 0.359. The SMILES string of the molecule is CCCCOOOC(=O)CCCCCC(C)(C)C. The topological polar surface area (TPSA) is 44.8 Å². The third-order valence-electron chi connectivity index (χ3n) is 2.56. The molecule has 108 valence electrons. The minimum Gasteiger partial charge on any atom is -0.269 e. The molecule has 0 bridgehead atoms. The van der Waals surface area contributed by atoms with Gasteiger partial charge in [-0.3, -0.25) is 4.89 Å². The van der Waals surface area contributed by atoms with Crippen molar-refractivity contribution in [2.45, 2.75) is 72.6 Å². The van der Waals surface area contributed by atoms with Crippen molar-refractivity contribution in [2.24, 2.45) is 5.41 Å². The summed E-state index contributed by atoms with van der Waals surface area (Å²) >= 11 is 0. The van der Waals surface area contributed by atoms with Crippen molar-refractivity contribution < 1.29 is 19.6 Å². The van der Waals surface area contributed by atoms with Crippen molar-refractivity contribution in [1.82, 2.24) is 0 Å². The van der Waals surface area contributed by atoms with Crippen LogP contribution in [0.5, 0.6) is 0 Å². The first-order valence-corrected chi connectivity index (χ1v) is 6.94. The molecule has 0 radical (unpaired) electrons. The van der Waals surface area contributed by atoms with E-state index < -0.39 is 0 Å². The van der Waals surface area contributed by atoms with Gasteiger partial charge in [0, 0.05) is 6.42 Å². The Balaban J connectivity index is 3.27. The summed E-state index contributed by atoms with van der Waals surface area (Å²) in [6, 6.07) is 0. The van der Waals surface area contributed by atoms with E-state index in [1.54, 1.807) is 0 Å². The summed E-state index contributed by atoms with van der Waals surface area (Å²) in [4.78, 5) is 20.4. The standard InChI is InChI=1S/C14H28O4/c1-5-6-12-16-18-17-13(15)10-8-7-9-11-14(2,3)4/h5-12H2,1-4H3. The summed E-state index contributed by atoms with van der Waals surface area (Å²) in [5, 5.41) is 4.36. The van der Waals surface area contributed by atoms with Crippen LogP contribution in [-0.2, 0) is 19.6 Å². The van der Waals surface area contributed by atoms with Crippen LogP contribution in [0.15, 0.2) is 0 Å². The summed E-state index contributed by atoms with van der Waals surface area (Å²) in [6.07, 6.45) is 6.51. The van der Waals surface area contributed by atoms with E-state index in [4.69, 9.17) is 0 Å².